The van der Waals surface area contributed by atoms with Crippen LogP contribution in [-0.4, -0.2) is 30.4 Å². The van der Waals surface area contributed by atoms with E-state index in [1.807, 2.05) is 14.0 Å². The molecule has 0 radical (unpaired) electrons. The minimum absolute atomic E-state index is 0.105. The SMILES string of the molecule is Cc1ccsc1CN(C)CC(=O)NC(C)C(C)C. The van der Waals surface area contributed by atoms with Crippen molar-refractivity contribution in [1.29, 1.82) is 0 Å². The Hall–Kier alpha value is -0.870. The van der Waals surface area contributed by atoms with Gasteiger partial charge in [0.15, 0.2) is 0 Å². The fraction of sp³-hybridized carbons (Fsp3) is 0.643. The average molecular weight is 268 g/mol. The van der Waals surface area contributed by atoms with Crippen LogP contribution in [0.1, 0.15) is 31.2 Å². The Morgan fingerprint density at radius 1 is 1.44 bits per heavy atom. The van der Waals surface area contributed by atoms with Crippen molar-refractivity contribution < 1.29 is 4.79 Å². The normalized spacial score (nSPS) is 13.1. The lowest BCUT2D eigenvalue weighted by molar-refractivity contribution is -0.122. The maximum Gasteiger partial charge on any atom is 0.234 e. The lowest BCUT2D eigenvalue weighted by Crippen LogP contribution is -2.41. The molecule has 0 fully saturated rings. The van der Waals surface area contributed by atoms with Gasteiger partial charge in [0.2, 0.25) is 5.91 Å². The molecule has 0 bridgehead atoms. The molecule has 0 saturated heterocycles. The molecule has 18 heavy (non-hydrogen) atoms. The third-order valence-electron chi connectivity index (χ3n) is 3.18. The fourth-order valence-electron chi connectivity index (χ4n) is 1.58. The number of carbonyl (C=O) groups excluding carboxylic acids is 1. The number of nitrogens with zero attached hydrogens (tertiary/aromatic N) is 1. The van der Waals surface area contributed by atoms with Crippen molar-refractivity contribution in [2.75, 3.05) is 13.6 Å². The monoisotopic (exact) mass is 268 g/mol. The van der Waals surface area contributed by atoms with Crippen LogP contribution >= 0.6 is 11.3 Å². The van der Waals surface area contributed by atoms with Crippen molar-refractivity contribution >= 4 is 17.2 Å². The molecule has 1 aromatic rings. The summed E-state index contributed by atoms with van der Waals surface area (Å²) in [6, 6.07) is 2.35. The largest absolute Gasteiger partial charge is 0.352 e. The standard InChI is InChI=1S/C14H24N2OS/c1-10(2)12(4)15-14(17)9-16(5)8-13-11(3)6-7-18-13/h6-7,10,12H,8-9H2,1-5H3,(H,15,17). The number of amides is 1. The van der Waals surface area contributed by atoms with E-state index < -0.39 is 0 Å². The maximum absolute atomic E-state index is 11.8. The Bertz CT molecular complexity index is 387. The van der Waals surface area contributed by atoms with Crippen LogP contribution in [0.5, 0.6) is 0 Å². The number of nitrogens with one attached hydrogen (secondary N) is 1. The number of thiophene rings is 1. The number of rotatable bonds is 6. The molecule has 0 aromatic carbocycles. The molecular weight excluding hydrogens is 244 g/mol. The smallest absolute Gasteiger partial charge is 0.234 e. The average Bonchev–Trinajstić information content (AvgIpc) is 2.63. The number of hydrogen-bond donors (Lipinski definition) is 1. The lowest BCUT2D eigenvalue weighted by atomic mass is 10.1. The summed E-state index contributed by atoms with van der Waals surface area (Å²) < 4.78 is 0. The van der Waals surface area contributed by atoms with Crippen LogP contribution in [0, 0.1) is 12.8 Å². The van der Waals surface area contributed by atoms with Gasteiger partial charge in [-0.25, -0.2) is 0 Å². The van der Waals surface area contributed by atoms with Gasteiger partial charge in [-0.3, -0.25) is 9.69 Å². The van der Waals surface area contributed by atoms with Crippen LogP contribution < -0.4 is 5.32 Å². The van der Waals surface area contributed by atoms with Gasteiger partial charge in [0.05, 0.1) is 6.54 Å². The molecule has 4 heteroatoms. The summed E-state index contributed by atoms with van der Waals surface area (Å²) in [6.45, 7) is 9.68. The molecule has 0 aliphatic carbocycles. The minimum Gasteiger partial charge on any atom is -0.352 e. The Balaban J connectivity index is 2.38. The zero-order valence-corrected chi connectivity index (χ0v) is 12.8. The first-order valence-corrected chi connectivity index (χ1v) is 7.29. The third-order valence-corrected chi connectivity index (χ3v) is 4.19. The summed E-state index contributed by atoms with van der Waals surface area (Å²) in [6.07, 6.45) is 0. The highest BCUT2D eigenvalue weighted by atomic mass is 32.1. The zero-order valence-electron chi connectivity index (χ0n) is 12.0. The molecule has 3 nitrogen and oxygen atoms in total. The second kappa shape index (κ2) is 6.90. The molecule has 0 aliphatic rings. The highest BCUT2D eigenvalue weighted by Crippen LogP contribution is 2.16. The predicted octanol–water partition coefficient (Wildman–Crippen LogP) is 2.65. The van der Waals surface area contributed by atoms with E-state index in [0.29, 0.717) is 12.5 Å². The van der Waals surface area contributed by atoms with E-state index in [2.05, 4.69) is 42.4 Å². The number of hydrogen-bond acceptors (Lipinski definition) is 3. The van der Waals surface area contributed by atoms with Gasteiger partial charge in [-0.05, 0) is 43.8 Å². The Morgan fingerprint density at radius 2 is 2.11 bits per heavy atom. The predicted molar refractivity (Wildman–Crippen MR) is 77.8 cm³/mol. The van der Waals surface area contributed by atoms with Gasteiger partial charge in [0.1, 0.15) is 0 Å². The number of carbonyl (C=O) groups is 1. The van der Waals surface area contributed by atoms with E-state index in [1.54, 1.807) is 11.3 Å². The van der Waals surface area contributed by atoms with E-state index in [4.69, 9.17) is 0 Å². The maximum atomic E-state index is 11.8. The van der Waals surface area contributed by atoms with Crippen molar-refractivity contribution in [2.24, 2.45) is 5.92 Å². The van der Waals surface area contributed by atoms with Gasteiger partial charge in [0.25, 0.3) is 0 Å². The first-order chi connectivity index (χ1) is 8.40. The minimum atomic E-state index is 0.105. The summed E-state index contributed by atoms with van der Waals surface area (Å²) in [5, 5.41) is 5.12. The van der Waals surface area contributed by atoms with E-state index in [9.17, 15) is 4.79 Å². The van der Waals surface area contributed by atoms with Crippen molar-refractivity contribution in [1.82, 2.24) is 10.2 Å². The molecule has 1 amide bonds. The molecule has 1 heterocycles. The summed E-state index contributed by atoms with van der Waals surface area (Å²) in [7, 11) is 1.98. The van der Waals surface area contributed by atoms with Gasteiger partial charge >= 0.3 is 0 Å². The zero-order chi connectivity index (χ0) is 13.7. The van der Waals surface area contributed by atoms with Crippen LogP contribution in [0.3, 0.4) is 0 Å². The quantitative estimate of drug-likeness (QED) is 0.860. The molecule has 0 saturated carbocycles. The number of aryl methyl sites for hydroxylation is 1. The van der Waals surface area contributed by atoms with Gasteiger partial charge < -0.3 is 5.32 Å². The van der Waals surface area contributed by atoms with E-state index in [-0.39, 0.29) is 11.9 Å². The lowest BCUT2D eigenvalue weighted by Gasteiger charge is -2.20. The topological polar surface area (TPSA) is 32.3 Å². The first-order valence-electron chi connectivity index (χ1n) is 6.41. The molecule has 1 aromatic heterocycles. The molecule has 1 unspecified atom stereocenters. The molecule has 102 valence electrons. The van der Waals surface area contributed by atoms with Crippen LogP contribution in [0.4, 0.5) is 0 Å². The van der Waals surface area contributed by atoms with E-state index in [0.717, 1.165) is 6.54 Å². The van der Waals surface area contributed by atoms with Crippen LogP contribution in [0.15, 0.2) is 11.4 Å². The summed E-state index contributed by atoms with van der Waals surface area (Å²) in [4.78, 5) is 15.2. The van der Waals surface area contributed by atoms with Crippen LogP contribution in [-0.2, 0) is 11.3 Å². The molecule has 0 aliphatic heterocycles. The second-order valence-electron chi connectivity index (χ2n) is 5.30. The molecule has 1 atom stereocenters. The Labute approximate surface area is 114 Å². The molecule has 1 N–H and O–H groups in total. The number of likely N-dealkylation sites (N-methyl/N-ethyl adjacent to an activating group) is 1. The van der Waals surface area contributed by atoms with E-state index in [1.165, 1.54) is 10.4 Å². The summed E-state index contributed by atoms with van der Waals surface area (Å²) >= 11 is 1.75. The first kappa shape index (κ1) is 15.2. The Kier molecular flexibility index (Phi) is 5.82. The van der Waals surface area contributed by atoms with Gasteiger partial charge in [-0.2, -0.15) is 0 Å². The van der Waals surface area contributed by atoms with Crippen molar-refractivity contribution in [2.45, 2.75) is 40.3 Å². The Morgan fingerprint density at radius 3 is 2.61 bits per heavy atom. The van der Waals surface area contributed by atoms with Crippen LogP contribution in [0.25, 0.3) is 0 Å². The fourth-order valence-corrected chi connectivity index (χ4v) is 2.56. The van der Waals surface area contributed by atoms with Crippen molar-refractivity contribution in [3.05, 3.63) is 21.9 Å². The highest BCUT2D eigenvalue weighted by molar-refractivity contribution is 7.10. The van der Waals surface area contributed by atoms with Gasteiger partial charge in [-0.15, -0.1) is 11.3 Å². The highest BCUT2D eigenvalue weighted by Gasteiger charge is 2.13. The van der Waals surface area contributed by atoms with Crippen molar-refractivity contribution in [3.63, 3.8) is 0 Å². The van der Waals surface area contributed by atoms with Crippen LogP contribution in [0.2, 0.25) is 0 Å². The summed E-state index contributed by atoms with van der Waals surface area (Å²) in [5.41, 5.74) is 1.31. The molecular formula is C14H24N2OS. The van der Waals surface area contributed by atoms with Crippen molar-refractivity contribution in [3.8, 4) is 0 Å². The molecule has 1 rings (SSSR count). The third kappa shape index (κ3) is 4.78. The van der Waals surface area contributed by atoms with Gasteiger partial charge in [-0.1, -0.05) is 13.8 Å². The van der Waals surface area contributed by atoms with E-state index >= 15 is 0 Å². The van der Waals surface area contributed by atoms with Gasteiger partial charge in [0, 0.05) is 17.5 Å². The second-order valence-corrected chi connectivity index (χ2v) is 6.30. The molecule has 0 spiro atoms. The summed E-state index contributed by atoms with van der Waals surface area (Å²) in [5.74, 6) is 0.576.